The van der Waals surface area contributed by atoms with Gasteiger partial charge in [-0.1, -0.05) is 42.5 Å². The summed E-state index contributed by atoms with van der Waals surface area (Å²) in [5, 5.41) is 2.78. The van der Waals surface area contributed by atoms with Gasteiger partial charge in [0, 0.05) is 12.6 Å². The van der Waals surface area contributed by atoms with Crippen LogP contribution in [0.25, 0.3) is 0 Å². The van der Waals surface area contributed by atoms with E-state index in [0.29, 0.717) is 0 Å². The van der Waals surface area contributed by atoms with E-state index in [1.54, 1.807) is 0 Å². The van der Waals surface area contributed by atoms with E-state index in [0.717, 1.165) is 24.9 Å². The molecule has 0 saturated heterocycles. The van der Waals surface area contributed by atoms with E-state index < -0.39 is 0 Å². The number of unbranched alkanes of at least 4 members (excludes halogenated alkanes) is 3. The number of hydrogen-bond donors (Lipinski definition) is 1. The summed E-state index contributed by atoms with van der Waals surface area (Å²) in [7, 11) is 0. The largest absolute Gasteiger partial charge is 0.326 e. The highest BCUT2D eigenvalue weighted by molar-refractivity contribution is 5.88. The highest BCUT2D eigenvalue weighted by Crippen LogP contribution is 2.13. The Morgan fingerprint density at radius 1 is 0.909 bits per heavy atom. The van der Waals surface area contributed by atoms with Crippen molar-refractivity contribution in [2.45, 2.75) is 39.0 Å². The Morgan fingerprint density at radius 3 is 2.27 bits per heavy atom. The average Bonchev–Trinajstić information content (AvgIpc) is 2.53. The zero-order valence-electron chi connectivity index (χ0n) is 13.2. The van der Waals surface area contributed by atoms with Gasteiger partial charge in [0.05, 0.1) is 0 Å². The van der Waals surface area contributed by atoms with Crippen molar-refractivity contribution in [1.29, 1.82) is 0 Å². The third kappa shape index (κ3) is 6.13. The van der Waals surface area contributed by atoms with Crippen molar-refractivity contribution in [3.05, 3.63) is 72.1 Å². The average molecular weight is 294 g/mol. The first kappa shape index (κ1) is 16.3. The SMILES string of the molecule is CC(=O)Nc1ccc(CC[CH]CCCc2ccccc2)cc1. The lowest BCUT2D eigenvalue weighted by molar-refractivity contribution is -0.114. The first-order valence-corrected chi connectivity index (χ1v) is 7.96. The van der Waals surface area contributed by atoms with Crippen LogP contribution in [0.4, 0.5) is 5.69 Å². The van der Waals surface area contributed by atoms with Crippen LogP contribution in [-0.4, -0.2) is 5.91 Å². The summed E-state index contributed by atoms with van der Waals surface area (Å²) in [6.45, 7) is 1.53. The quantitative estimate of drug-likeness (QED) is 0.696. The van der Waals surface area contributed by atoms with Gasteiger partial charge in [0.25, 0.3) is 0 Å². The van der Waals surface area contributed by atoms with Crippen molar-refractivity contribution in [1.82, 2.24) is 0 Å². The lowest BCUT2D eigenvalue weighted by Crippen LogP contribution is -2.05. The van der Waals surface area contributed by atoms with Crippen LogP contribution >= 0.6 is 0 Å². The number of nitrogens with one attached hydrogen (secondary N) is 1. The van der Waals surface area contributed by atoms with Crippen LogP contribution in [0.1, 0.15) is 37.3 Å². The molecule has 2 heteroatoms. The van der Waals surface area contributed by atoms with Gasteiger partial charge in [-0.2, -0.15) is 0 Å². The van der Waals surface area contributed by atoms with Crippen molar-refractivity contribution in [2.75, 3.05) is 5.32 Å². The van der Waals surface area contributed by atoms with E-state index in [-0.39, 0.29) is 5.91 Å². The molecule has 0 unspecified atom stereocenters. The molecule has 2 aromatic rings. The number of benzene rings is 2. The van der Waals surface area contributed by atoms with E-state index in [1.165, 1.54) is 30.9 Å². The van der Waals surface area contributed by atoms with E-state index >= 15 is 0 Å². The molecule has 2 nitrogen and oxygen atoms in total. The van der Waals surface area contributed by atoms with Crippen LogP contribution in [0.2, 0.25) is 0 Å². The van der Waals surface area contributed by atoms with Crippen LogP contribution in [0.3, 0.4) is 0 Å². The molecule has 0 atom stereocenters. The molecule has 0 spiro atoms. The van der Waals surface area contributed by atoms with Crippen LogP contribution in [-0.2, 0) is 17.6 Å². The fourth-order valence-electron chi connectivity index (χ4n) is 2.47. The van der Waals surface area contributed by atoms with Crippen molar-refractivity contribution in [3.63, 3.8) is 0 Å². The van der Waals surface area contributed by atoms with E-state index in [1.807, 2.05) is 12.1 Å². The summed E-state index contributed by atoms with van der Waals surface area (Å²) in [5.74, 6) is -0.0282. The Labute approximate surface area is 133 Å². The lowest BCUT2D eigenvalue weighted by Gasteiger charge is -2.05. The number of anilines is 1. The molecule has 2 rings (SSSR count). The van der Waals surface area contributed by atoms with Crippen molar-refractivity contribution in [3.8, 4) is 0 Å². The van der Waals surface area contributed by atoms with Crippen LogP contribution in [0.5, 0.6) is 0 Å². The molecular formula is C20H24NO. The zero-order chi connectivity index (χ0) is 15.6. The number of rotatable bonds is 8. The lowest BCUT2D eigenvalue weighted by atomic mass is 10.0. The molecular weight excluding hydrogens is 270 g/mol. The molecule has 115 valence electrons. The Balaban J connectivity index is 1.59. The molecule has 0 aliphatic carbocycles. The normalized spacial score (nSPS) is 10.4. The number of carbonyl (C=O) groups excluding carboxylic acids is 1. The van der Waals surface area contributed by atoms with Gasteiger partial charge in [0.15, 0.2) is 0 Å². The molecule has 2 aromatic carbocycles. The first-order valence-electron chi connectivity index (χ1n) is 7.96. The minimum atomic E-state index is -0.0282. The molecule has 0 aliphatic heterocycles. The predicted molar refractivity (Wildman–Crippen MR) is 92.7 cm³/mol. The molecule has 1 radical (unpaired) electrons. The maximum atomic E-state index is 11.0. The second kappa shape index (κ2) is 9.04. The van der Waals surface area contributed by atoms with Crippen LogP contribution < -0.4 is 5.32 Å². The Kier molecular flexibility index (Phi) is 6.69. The monoisotopic (exact) mass is 294 g/mol. The summed E-state index contributed by atoms with van der Waals surface area (Å²) < 4.78 is 0. The summed E-state index contributed by atoms with van der Waals surface area (Å²) in [4.78, 5) is 11.0. The summed E-state index contributed by atoms with van der Waals surface area (Å²) in [5.41, 5.74) is 3.60. The van der Waals surface area contributed by atoms with E-state index in [4.69, 9.17) is 0 Å². The molecule has 0 saturated carbocycles. The highest BCUT2D eigenvalue weighted by atomic mass is 16.1. The zero-order valence-corrected chi connectivity index (χ0v) is 13.2. The number of hydrogen-bond acceptors (Lipinski definition) is 1. The van der Waals surface area contributed by atoms with Crippen molar-refractivity contribution < 1.29 is 4.79 Å². The second-order valence-corrected chi connectivity index (χ2v) is 5.58. The fourth-order valence-corrected chi connectivity index (χ4v) is 2.47. The smallest absolute Gasteiger partial charge is 0.221 e. The summed E-state index contributed by atoms with van der Waals surface area (Å²) in [6.07, 6.45) is 8.08. The summed E-state index contributed by atoms with van der Waals surface area (Å²) in [6, 6.07) is 18.7. The van der Waals surface area contributed by atoms with Crippen LogP contribution in [0, 0.1) is 6.42 Å². The third-order valence-electron chi connectivity index (χ3n) is 3.63. The predicted octanol–water partition coefficient (Wildman–Crippen LogP) is 4.80. The molecule has 0 bridgehead atoms. The molecule has 1 N–H and O–H groups in total. The van der Waals surface area contributed by atoms with E-state index in [2.05, 4.69) is 54.2 Å². The van der Waals surface area contributed by atoms with Gasteiger partial charge >= 0.3 is 0 Å². The maximum absolute atomic E-state index is 11.0. The van der Waals surface area contributed by atoms with Gasteiger partial charge in [-0.05, 0) is 61.8 Å². The summed E-state index contributed by atoms with van der Waals surface area (Å²) >= 11 is 0. The van der Waals surface area contributed by atoms with Gasteiger partial charge < -0.3 is 5.32 Å². The Morgan fingerprint density at radius 2 is 1.59 bits per heavy atom. The van der Waals surface area contributed by atoms with Gasteiger partial charge in [-0.15, -0.1) is 0 Å². The van der Waals surface area contributed by atoms with Gasteiger partial charge in [-0.3, -0.25) is 4.79 Å². The fraction of sp³-hybridized carbons (Fsp3) is 0.300. The highest BCUT2D eigenvalue weighted by Gasteiger charge is 1.98. The standard InChI is InChI=1S/C20H24NO/c1-17(22)21-20-15-13-19(14-16-20)12-6-3-2-5-9-18-10-7-4-8-11-18/h3-4,7-8,10-11,13-16H,2,5-6,9,12H2,1H3,(H,21,22). The van der Waals surface area contributed by atoms with Crippen LogP contribution in [0.15, 0.2) is 54.6 Å². The molecule has 0 fully saturated rings. The minimum Gasteiger partial charge on any atom is -0.326 e. The first-order chi connectivity index (χ1) is 10.7. The number of amides is 1. The van der Waals surface area contributed by atoms with Gasteiger partial charge in [-0.25, -0.2) is 0 Å². The van der Waals surface area contributed by atoms with E-state index in [9.17, 15) is 4.79 Å². The molecule has 0 aliphatic rings. The Bertz CT molecular complexity index is 560. The maximum Gasteiger partial charge on any atom is 0.221 e. The van der Waals surface area contributed by atoms with Gasteiger partial charge in [0.1, 0.15) is 0 Å². The Hall–Kier alpha value is -2.09. The number of carbonyl (C=O) groups is 1. The number of aryl methyl sites for hydroxylation is 2. The van der Waals surface area contributed by atoms with Crippen molar-refractivity contribution in [2.24, 2.45) is 0 Å². The third-order valence-corrected chi connectivity index (χ3v) is 3.63. The van der Waals surface area contributed by atoms with Crippen molar-refractivity contribution >= 4 is 11.6 Å². The molecule has 0 aromatic heterocycles. The molecule has 0 heterocycles. The van der Waals surface area contributed by atoms with Gasteiger partial charge in [0.2, 0.25) is 5.91 Å². The topological polar surface area (TPSA) is 29.1 Å². The minimum absolute atomic E-state index is 0.0282. The molecule has 22 heavy (non-hydrogen) atoms. The second-order valence-electron chi connectivity index (χ2n) is 5.58. The molecule has 1 amide bonds.